The number of carbonyl (C=O) groups excluding carboxylic acids is 1. The predicted molar refractivity (Wildman–Crippen MR) is 97.0 cm³/mol. The van der Waals surface area contributed by atoms with Gasteiger partial charge in [0.2, 0.25) is 5.91 Å². The van der Waals surface area contributed by atoms with Crippen LogP contribution < -0.4 is 10.6 Å². The first kappa shape index (κ1) is 19.0. The Bertz CT molecular complexity index is 394. The van der Waals surface area contributed by atoms with Crippen LogP contribution in [-0.2, 0) is 4.79 Å². The molecule has 3 rings (SSSR count). The average molecular weight is 344 g/mol. The van der Waals surface area contributed by atoms with Crippen LogP contribution in [0.3, 0.4) is 0 Å². The van der Waals surface area contributed by atoms with Gasteiger partial charge in [-0.25, -0.2) is 0 Å². The molecule has 2 saturated heterocycles. The molecule has 2 aliphatic heterocycles. The van der Waals surface area contributed by atoms with Crippen LogP contribution in [0.1, 0.15) is 58.8 Å². The largest absolute Gasteiger partial charge is 0.352 e. The van der Waals surface area contributed by atoms with Gasteiger partial charge >= 0.3 is 0 Å². The lowest BCUT2D eigenvalue weighted by atomic mass is 9.78. The minimum absolute atomic E-state index is 0. The van der Waals surface area contributed by atoms with Gasteiger partial charge in [-0.05, 0) is 51.0 Å². The summed E-state index contributed by atoms with van der Waals surface area (Å²) in [6.07, 6.45) is 8.76. The van der Waals surface area contributed by atoms with Gasteiger partial charge < -0.3 is 10.6 Å². The van der Waals surface area contributed by atoms with Crippen molar-refractivity contribution in [3.05, 3.63) is 0 Å². The second-order valence-corrected chi connectivity index (χ2v) is 8.12. The standard InChI is InChI=1S/C18H33N3O.ClH/c1-12-5-4-6-17(13(12)2)20-18(22)11-21(3)16-9-14-7-8-15(10-16)19-14;/h12-17,19H,4-11H2,1-3H3,(H,20,22);1H. The van der Waals surface area contributed by atoms with Gasteiger partial charge in [0.05, 0.1) is 6.54 Å². The molecule has 23 heavy (non-hydrogen) atoms. The number of carbonyl (C=O) groups is 1. The molecule has 134 valence electrons. The molecule has 2 N–H and O–H groups in total. The maximum Gasteiger partial charge on any atom is 0.234 e. The number of nitrogens with one attached hydrogen (secondary N) is 2. The van der Waals surface area contributed by atoms with Gasteiger partial charge in [0.15, 0.2) is 0 Å². The first-order valence-electron chi connectivity index (χ1n) is 9.28. The van der Waals surface area contributed by atoms with Crippen LogP contribution in [0.15, 0.2) is 0 Å². The number of fused-ring (bicyclic) bond motifs is 2. The van der Waals surface area contributed by atoms with Crippen molar-refractivity contribution in [2.75, 3.05) is 13.6 Å². The van der Waals surface area contributed by atoms with Crippen molar-refractivity contribution >= 4 is 18.3 Å². The van der Waals surface area contributed by atoms with E-state index in [1.54, 1.807) is 0 Å². The molecule has 0 aromatic rings. The predicted octanol–water partition coefficient (Wildman–Crippen LogP) is 2.56. The number of likely N-dealkylation sites (N-methyl/N-ethyl adjacent to an activating group) is 1. The molecular weight excluding hydrogens is 310 g/mol. The third kappa shape index (κ3) is 4.61. The van der Waals surface area contributed by atoms with Crippen molar-refractivity contribution in [1.82, 2.24) is 15.5 Å². The number of halogens is 1. The van der Waals surface area contributed by atoms with Gasteiger partial charge in [-0.1, -0.05) is 26.7 Å². The number of nitrogens with zero attached hydrogens (tertiary/aromatic N) is 1. The topological polar surface area (TPSA) is 44.4 Å². The zero-order valence-corrected chi connectivity index (χ0v) is 15.7. The summed E-state index contributed by atoms with van der Waals surface area (Å²) in [5.41, 5.74) is 0. The normalized spacial score (nSPS) is 39.8. The van der Waals surface area contributed by atoms with E-state index in [9.17, 15) is 4.79 Å². The summed E-state index contributed by atoms with van der Waals surface area (Å²) in [4.78, 5) is 14.7. The zero-order chi connectivity index (χ0) is 15.7. The van der Waals surface area contributed by atoms with Crippen molar-refractivity contribution in [2.24, 2.45) is 11.8 Å². The van der Waals surface area contributed by atoms with Crippen molar-refractivity contribution in [3.8, 4) is 0 Å². The van der Waals surface area contributed by atoms with Gasteiger partial charge in [-0.3, -0.25) is 9.69 Å². The fourth-order valence-electron chi connectivity index (χ4n) is 4.78. The lowest BCUT2D eigenvalue weighted by molar-refractivity contribution is -0.124. The molecule has 5 unspecified atom stereocenters. The summed E-state index contributed by atoms with van der Waals surface area (Å²) in [6, 6.07) is 2.34. The number of hydrogen-bond acceptors (Lipinski definition) is 3. The van der Waals surface area contributed by atoms with Crippen LogP contribution in [0, 0.1) is 11.8 Å². The van der Waals surface area contributed by atoms with Crippen LogP contribution in [0.5, 0.6) is 0 Å². The lowest BCUT2D eigenvalue weighted by Gasteiger charge is -2.37. The number of rotatable bonds is 4. The number of hydrogen-bond donors (Lipinski definition) is 2. The average Bonchev–Trinajstić information content (AvgIpc) is 2.82. The fraction of sp³-hybridized carbons (Fsp3) is 0.944. The van der Waals surface area contributed by atoms with Gasteiger partial charge in [0, 0.05) is 24.2 Å². The van der Waals surface area contributed by atoms with Crippen molar-refractivity contribution in [2.45, 2.75) is 83.0 Å². The summed E-state index contributed by atoms with van der Waals surface area (Å²) < 4.78 is 0. The first-order chi connectivity index (χ1) is 10.5. The monoisotopic (exact) mass is 343 g/mol. The minimum atomic E-state index is 0. The molecule has 2 bridgehead atoms. The van der Waals surface area contributed by atoms with Crippen LogP contribution in [0.2, 0.25) is 0 Å². The molecule has 1 amide bonds. The Kier molecular flexibility index (Phi) is 6.76. The van der Waals surface area contributed by atoms with Gasteiger partial charge in [0.1, 0.15) is 0 Å². The molecule has 0 aromatic heterocycles. The van der Waals surface area contributed by atoms with Crippen molar-refractivity contribution in [3.63, 3.8) is 0 Å². The molecule has 5 atom stereocenters. The van der Waals surface area contributed by atoms with Crippen LogP contribution in [-0.4, -0.2) is 48.6 Å². The fourth-order valence-corrected chi connectivity index (χ4v) is 4.78. The van der Waals surface area contributed by atoms with Gasteiger partial charge in [-0.2, -0.15) is 0 Å². The van der Waals surface area contributed by atoms with Gasteiger partial charge in [0.25, 0.3) is 0 Å². The second kappa shape index (κ2) is 8.17. The van der Waals surface area contributed by atoms with Crippen LogP contribution in [0.4, 0.5) is 0 Å². The quantitative estimate of drug-likeness (QED) is 0.824. The Hall–Kier alpha value is -0.320. The summed E-state index contributed by atoms with van der Waals surface area (Å²) in [5, 5.41) is 6.99. The van der Waals surface area contributed by atoms with Crippen LogP contribution >= 0.6 is 12.4 Å². The molecule has 1 aliphatic carbocycles. The molecule has 5 heteroatoms. The Morgan fingerprint density at radius 1 is 1.13 bits per heavy atom. The van der Waals surface area contributed by atoms with Crippen molar-refractivity contribution < 1.29 is 4.79 Å². The SMILES string of the molecule is CC1CCCC(NC(=O)CN(C)C2CC3CCC(C2)N3)C1C.Cl. The zero-order valence-electron chi connectivity index (χ0n) is 14.9. The van der Waals surface area contributed by atoms with Gasteiger partial charge in [-0.15, -0.1) is 12.4 Å². The first-order valence-corrected chi connectivity index (χ1v) is 9.28. The van der Waals surface area contributed by atoms with E-state index in [2.05, 4.69) is 36.4 Å². The van der Waals surface area contributed by atoms with E-state index < -0.39 is 0 Å². The highest BCUT2D eigenvalue weighted by Crippen LogP contribution is 2.30. The maximum absolute atomic E-state index is 12.4. The van der Waals surface area contributed by atoms with E-state index in [4.69, 9.17) is 0 Å². The van der Waals surface area contributed by atoms with E-state index in [1.807, 2.05) is 0 Å². The van der Waals surface area contributed by atoms with Crippen LogP contribution in [0.25, 0.3) is 0 Å². The lowest BCUT2D eigenvalue weighted by Crippen LogP contribution is -2.51. The highest BCUT2D eigenvalue weighted by Gasteiger charge is 2.35. The number of amides is 1. The molecule has 0 spiro atoms. The van der Waals surface area contributed by atoms with E-state index in [0.29, 0.717) is 36.6 Å². The van der Waals surface area contributed by atoms with E-state index in [1.165, 1.54) is 38.5 Å². The smallest absolute Gasteiger partial charge is 0.234 e. The second-order valence-electron chi connectivity index (χ2n) is 8.12. The maximum atomic E-state index is 12.4. The summed E-state index contributed by atoms with van der Waals surface area (Å²) >= 11 is 0. The molecule has 2 heterocycles. The summed E-state index contributed by atoms with van der Waals surface area (Å²) in [5.74, 6) is 1.56. The van der Waals surface area contributed by atoms with Crippen molar-refractivity contribution in [1.29, 1.82) is 0 Å². The molecule has 3 fully saturated rings. The van der Waals surface area contributed by atoms with E-state index in [0.717, 1.165) is 12.3 Å². The minimum Gasteiger partial charge on any atom is -0.352 e. The molecule has 4 nitrogen and oxygen atoms in total. The number of piperidine rings is 1. The van der Waals surface area contributed by atoms with E-state index in [-0.39, 0.29) is 18.3 Å². The Morgan fingerprint density at radius 3 is 2.43 bits per heavy atom. The molecule has 0 radical (unpaired) electrons. The third-order valence-electron chi connectivity index (χ3n) is 6.52. The third-order valence-corrected chi connectivity index (χ3v) is 6.52. The molecular formula is C18H34ClN3O. The highest BCUT2D eigenvalue weighted by molar-refractivity contribution is 5.85. The molecule has 1 saturated carbocycles. The van der Waals surface area contributed by atoms with E-state index >= 15 is 0 Å². The molecule has 0 aromatic carbocycles. The summed E-state index contributed by atoms with van der Waals surface area (Å²) in [7, 11) is 2.13. The Morgan fingerprint density at radius 2 is 1.78 bits per heavy atom. The molecule has 3 aliphatic rings. The summed E-state index contributed by atoms with van der Waals surface area (Å²) in [6.45, 7) is 5.17. The highest BCUT2D eigenvalue weighted by atomic mass is 35.5. The Balaban J connectivity index is 0.00000192. The Labute approximate surface area is 147 Å².